The van der Waals surface area contributed by atoms with E-state index < -0.39 is 0 Å². The van der Waals surface area contributed by atoms with E-state index in [2.05, 4.69) is 25.5 Å². The maximum Gasteiger partial charge on any atom is 0.255 e. The number of benzene rings is 1. The molecule has 25 heavy (non-hydrogen) atoms. The van der Waals surface area contributed by atoms with E-state index in [1.54, 1.807) is 14.0 Å². The summed E-state index contributed by atoms with van der Waals surface area (Å²) >= 11 is 0. The van der Waals surface area contributed by atoms with Crippen molar-refractivity contribution in [3.05, 3.63) is 59.3 Å². The zero-order valence-corrected chi connectivity index (χ0v) is 14.3. The van der Waals surface area contributed by atoms with Gasteiger partial charge >= 0.3 is 0 Å². The van der Waals surface area contributed by atoms with Crippen LogP contribution in [0.2, 0.25) is 0 Å². The first kappa shape index (κ1) is 16.6. The molecule has 1 amide bonds. The molecule has 0 saturated heterocycles. The van der Waals surface area contributed by atoms with Crippen LogP contribution >= 0.6 is 0 Å². The maximum atomic E-state index is 12.3. The van der Waals surface area contributed by atoms with Crippen molar-refractivity contribution in [2.75, 3.05) is 7.11 Å². The van der Waals surface area contributed by atoms with E-state index in [1.807, 2.05) is 37.3 Å². The van der Waals surface area contributed by atoms with Crippen molar-refractivity contribution >= 4 is 5.91 Å². The number of methoxy groups -OCH3 is 1. The third-order valence-electron chi connectivity index (χ3n) is 3.89. The monoisotopic (exact) mass is 337 g/mol. The summed E-state index contributed by atoms with van der Waals surface area (Å²) in [5, 5.41) is 9.72. The van der Waals surface area contributed by atoms with Crippen LogP contribution in [0.15, 0.2) is 36.7 Å². The number of aromatic nitrogens is 4. The average Bonchev–Trinajstić information content (AvgIpc) is 2.98. The summed E-state index contributed by atoms with van der Waals surface area (Å²) in [5.74, 6) is 0.615. The van der Waals surface area contributed by atoms with Gasteiger partial charge in [-0.25, -0.2) is 9.97 Å². The van der Waals surface area contributed by atoms with Gasteiger partial charge in [0.05, 0.1) is 36.3 Å². The highest BCUT2D eigenvalue weighted by Gasteiger charge is 2.15. The van der Waals surface area contributed by atoms with Gasteiger partial charge in [-0.3, -0.25) is 9.89 Å². The Hall–Kier alpha value is -3.22. The number of nitrogens with one attached hydrogen (secondary N) is 2. The molecule has 0 spiro atoms. The van der Waals surface area contributed by atoms with Gasteiger partial charge in [-0.05, 0) is 44.2 Å². The summed E-state index contributed by atoms with van der Waals surface area (Å²) in [6, 6.07) is 9.48. The number of carbonyl (C=O) groups is 1. The van der Waals surface area contributed by atoms with Crippen molar-refractivity contribution in [2.45, 2.75) is 20.4 Å². The number of hydrogen-bond donors (Lipinski definition) is 2. The first-order valence-corrected chi connectivity index (χ1v) is 7.83. The summed E-state index contributed by atoms with van der Waals surface area (Å²) in [4.78, 5) is 20.8. The number of nitrogens with zero attached hydrogens (tertiary/aromatic N) is 3. The molecular formula is C18H19N5O2. The number of aryl methyl sites for hydroxylation is 2. The molecule has 2 aromatic heterocycles. The third-order valence-corrected chi connectivity index (χ3v) is 3.89. The summed E-state index contributed by atoms with van der Waals surface area (Å²) in [7, 11) is 1.63. The normalized spacial score (nSPS) is 10.5. The van der Waals surface area contributed by atoms with Gasteiger partial charge in [-0.1, -0.05) is 0 Å². The zero-order valence-electron chi connectivity index (χ0n) is 14.3. The molecule has 0 unspecified atom stereocenters. The van der Waals surface area contributed by atoms with Crippen molar-refractivity contribution in [3.8, 4) is 17.0 Å². The van der Waals surface area contributed by atoms with Crippen LogP contribution in [-0.2, 0) is 6.54 Å². The van der Waals surface area contributed by atoms with Crippen LogP contribution in [0.3, 0.4) is 0 Å². The molecule has 0 bridgehead atoms. The fourth-order valence-corrected chi connectivity index (χ4v) is 2.56. The molecule has 3 rings (SSSR count). The van der Waals surface area contributed by atoms with Crippen LogP contribution in [0.4, 0.5) is 0 Å². The van der Waals surface area contributed by atoms with E-state index in [-0.39, 0.29) is 5.91 Å². The second-order valence-electron chi connectivity index (χ2n) is 5.61. The lowest BCUT2D eigenvalue weighted by molar-refractivity contribution is 0.0949. The number of aromatic amines is 1. The summed E-state index contributed by atoms with van der Waals surface area (Å²) in [6.07, 6.45) is 1.50. The highest BCUT2D eigenvalue weighted by Crippen LogP contribution is 2.20. The number of carbonyl (C=O) groups excluding carboxylic acids is 1. The molecule has 0 aliphatic heterocycles. The van der Waals surface area contributed by atoms with E-state index in [4.69, 9.17) is 4.74 Å². The highest BCUT2D eigenvalue weighted by molar-refractivity contribution is 5.96. The quantitative estimate of drug-likeness (QED) is 0.746. The van der Waals surface area contributed by atoms with Gasteiger partial charge in [-0.15, -0.1) is 0 Å². The van der Waals surface area contributed by atoms with Crippen LogP contribution in [0.25, 0.3) is 11.3 Å². The minimum atomic E-state index is -0.173. The Morgan fingerprint density at radius 1 is 1.20 bits per heavy atom. The molecule has 0 fully saturated rings. The fourth-order valence-electron chi connectivity index (χ4n) is 2.56. The lowest BCUT2D eigenvalue weighted by Gasteiger charge is -2.07. The van der Waals surface area contributed by atoms with Gasteiger partial charge < -0.3 is 10.1 Å². The van der Waals surface area contributed by atoms with E-state index in [0.29, 0.717) is 17.8 Å². The van der Waals surface area contributed by atoms with Crippen LogP contribution in [0.1, 0.15) is 27.4 Å². The predicted octanol–water partition coefficient (Wildman–Crippen LogP) is 2.42. The lowest BCUT2D eigenvalue weighted by atomic mass is 10.1. The van der Waals surface area contributed by atoms with Gasteiger partial charge in [0, 0.05) is 11.3 Å². The van der Waals surface area contributed by atoms with Crippen molar-refractivity contribution < 1.29 is 9.53 Å². The predicted molar refractivity (Wildman–Crippen MR) is 93.3 cm³/mol. The molecule has 1 aromatic carbocycles. The van der Waals surface area contributed by atoms with E-state index in [1.165, 1.54) is 6.33 Å². The second-order valence-corrected chi connectivity index (χ2v) is 5.61. The minimum Gasteiger partial charge on any atom is -0.497 e. The van der Waals surface area contributed by atoms with Gasteiger partial charge in [0.25, 0.3) is 5.91 Å². The molecular weight excluding hydrogens is 318 g/mol. The maximum absolute atomic E-state index is 12.3. The Kier molecular flexibility index (Phi) is 4.74. The van der Waals surface area contributed by atoms with E-state index in [0.717, 1.165) is 28.4 Å². The lowest BCUT2D eigenvalue weighted by Crippen LogP contribution is -2.24. The first-order valence-electron chi connectivity index (χ1n) is 7.83. The van der Waals surface area contributed by atoms with Crippen LogP contribution < -0.4 is 10.1 Å². The Morgan fingerprint density at radius 2 is 1.96 bits per heavy atom. The van der Waals surface area contributed by atoms with Gasteiger partial charge in [0.1, 0.15) is 12.1 Å². The molecule has 7 heteroatoms. The molecule has 0 aliphatic carbocycles. The smallest absolute Gasteiger partial charge is 0.255 e. The summed E-state index contributed by atoms with van der Waals surface area (Å²) in [6.45, 7) is 3.93. The molecule has 3 aromatic rings. The molecule has 2 N–H and O–H groups in total. The Bertz CT molecular complexity index is 867. The number of amides is 1. The third kappa shape index (κ3) is 3.65. The van der Waals surface area contributed by atoms with Gasteiger partial charge in [0.15, 0.2) is 0 Å². The number of ether oxygens (including phenoxy) is 1. The van der Waals surface area contributed by atoms with Crippen molar-refractivity contribution in [1.82, 2.24) is 25.5 Å². The van der Waals surface area contributed by atoms with Crippen molar-refractivity contribution in [2.24, 2.45) is 0 Å². The zero-order chi connectivity index (χ0) is 17.8. The number of rotatable bonds is 5. The Labute approximate surface area is 145 Å². The van der Waals surface area contributed by atoms with E-state index >= 15 is 0 Å². The van der Waals surface area contributed by atoms with Gasteiger partial charge in [-0.2, -0.15) is 5.10 Å². The Morgan fingerprint density at radius 3 is 2.60 bits per heavy atom. The number of H-pyrrole nitrogens is 1. The SMILES string of the molecule is COc1ccc(-c2cc(CNC(=O)c3c(C)n[nH]c3C)ncn2)cc1. The topological polar surface area (TPSA) is 92.8 Å². The van der Waals surface area contributed by atoms with E-state index in [9.17, 15) is 4.79 Å². The number of hydrogen-bond acceptors (Lipinski definition) is 5. The molecule has 128 valence electrons. The molecule has 0 saturated carbocycles. The van der Waals surface area contributed by atoms with Crippen LogP contribution in [0, 0.1) is 13.8 Å². The first-order chi connectivity index (χ1) is 12.1. The Balaban J connectivity index is 1.72. The molecule has 0 radical (unpaired) electrons. The molecule has 0 atom stereocenters. The molecule has 7 nitrogen and oxygen atoms in total. The van der Waals surface area contributed by atoms with Crippen LogP contribution in [0.5, 0.6) is 5.75 Å². The molecule has 2 heterocycles. The summed E-state index contributed by atoms with van der Waals surface area (Å²) < 4.78 is 5.16. The second kappa shape index (κ2) is 7.12. The largest absolute Gasteiger partial charge is 0.497 e. The van der Waals surface area contributed by atoms with Crippen LogP contribution in [-0.4, -0.2) is 33.2 Å². The highest BCUT2D eigenvalue weighted by atomic mass is 16.5. The molecule has 0 aliphatic rings. The fraction of sp³-hybridized carbons (Fsp3) is 0.222. The van der Waals surface area contributed by atoms with Crippen molar-refractivity contribution in [1.29, 1.82) is 0 Å². The average molecular weight is 337 g/mol. The van der Waals surface area contributed by atoms with Gasteiger partial charge in [0.2, 0.25) is 0 Å². The minimum absolute atomic E-state index is 0.173. The standard InChI is InChI=1S/C18H19N5O2/c1-11-17(12(2)23-22-11)18(24)19-9-14-8-16(21-10-20-14)13-4-6-15(25-3)7-5-13/h4-8,10H,9H2,1-3H3,(H,19,24)(H,22,23). The van der Waals surface area contributed by atoms with Crippen molar-refractivity contribution in [3.63, 3.8) is 0 Å². The summed E-state index contributed by atoms with van der Waals surface area (Å²) in [5.41, 5.74) is 4.47.